The van der Waals surface area contributed by atoms with Crippen molar-refractivity contribution in [1.29, 1.82) is 0 Å². The normalized spacial score (nSPS) is 32.0. The number of carbonyl (C=O) groups is 1. The van der Waals surface area contributed by atoms with Gasteiger partial charge in [-0.2, -0.15) is 0 Å². The average Bonchev–Trinajstić information content (AvgIpc) is 3.14. The zero-order valence-electron chi connectivity index (χ0n) is 14.4. The summed E-state index contributed by atoms with van der Waals surface area (Å²) >= 11 is 0. The molecule has 0 radical (unpaired) electrons. The van der Waals surface area contributed by atoms with Crippen molar-refractivity contribution in [2.45, 2.75) is 57.0 Å². The van der Waals surface area contributed by atoms with Gasteiger partial charge in [0.1, 0.15) is 0 Å². The number of aromatic nitrogens is 1. The van der Waals surface area contributed by atoms with E-state index in [9.17, 15) is 13.6 Å². The van der Waals surface area contributed by atoms with E-state index < -0.39 is 5.92 Å². The minimum atomic E-state index is -2.58. The molecule has 2 saturated carbocycles. The molecule has 1 aromatic heterocycles. The zero-order chi connectivity index (χ0) is 17.5. The molecule has 0 unspecified atom stereocenters. The van der Waals surface area contributed by atoms with Crippen LogP contribution in [0.15, 0.2) is 24.5 Å². The van der Waals surface area contributed by atoms with Crippen LogP contribution in [0.5, 0.6) is 0 Å². The molecular formula is C19H25F2N3O. The molecule has 25 heavy (non-hydrogen) atoms. The molecule has 3 fully saturated rings. The van der Waals surface area contributed by atoms with E-state index in [1.165, 1.54) is 5.56 Å². The monoisotopic (exact) mass is 349 g/mol. The van der Waals surface area contributed by atoms with Gasteiger partial charge in [0.25, 0.3) is 5.92 Å². The molecule has 1 saturated heterocycles. The van der Waals surface area contributed by atoms with E-state index in [0.717, 1.165) is 45.3 Å². The summed E-state index contributed by atoms with van der Waals surface area (Å²) in [4.78, 5) is 19.2. The van der Waals surface area contributed by atoms with Gasteiger partial charge in [0.2, 0.25) is 5.91 Å². The lowest BCUT2D eigenvalue weighted by Gasteiger charge is -2.38. The first-order valence-electron chi connectivity index (χ1n) is 9.25. The van der Waals surface area contributed by atoms with Crippen LogP contribution in [0.3, 0.4) is 0 Å². The lowest BCUT2D eigenvalue weighted by molar-refractivity contribution is -0.135. The minimum absolute atomic E-state index is 0.00348. The molecule has 2 heterocycles. The molecule has 4 rings (SSSR count). The highest BCUT2D eigenvalue weighted by Crippen LogP contribution is 2.50. The molecule has 1 amide bonds. The topological polar surface area (TPSA) is 45.2 Å². The third-order valence-corrected chi connectivity index (χ3v) is 6.28. The van der Waals surface area contributed by atoms with Gasteiger partial charge in [-0.3, -0.25) is 14.7 Å². The van der Waals surface area contributed by atoms with Crippen LogP contribution in [-0.4, -0.2) is 40.8 Å². The molecule has 2 aliphatic carbocycles. The predicted octanol–water partition coefficient (Wildman–Crippen LogP) is 2.99. The van der Waals surface area contributed by atoms with Crippen molar-refractivity contribution in [1.82, 2.24) is 15.2 Å². The summed E-state index contributed by atoms with van der Waals surface area (Å²) in [7, 11) is 0. The SMILES string of the molecule is O=C(NC1CC(F)(F)C1)[C@@H]1CCC[C@]12CCN(Cc1ccncc1)C2. The van der Waals surface area contributed by atoms with Gasteiger partial charge < -0.3 is 5.32 Å². The van der Waals surface area contributed by atoms with Crippen LogP contribution in [-0.2, 0) is 11.3 Å². The Labute approximate surface area is 147 Å². The lowest BCUT2D eigenvalue weighted by Crippen LogP contribution is -2.53. The van der Waals surface area contributed by atoms with Gasteiger partial charge in [0, 0.05) is 50.3 Å². The quantitative estimate of drug-likeness (QED) is 0.909. The highest BCUT2D eigenvalue weighted by Gasteiger charge is 2.52. The number of amides is 1. The van der Waals surface area contributed by atoms with Gasteiger partial charge in [-0.15, -0.1) is 0 Å². The first-order chi connectivity index (χ1) is 12.0. The molecule has 3 aliphatic rings. The van der Waals surface area contributed by atoms with Crippen LogP contribution in [0.25, 0.3) is 0 Å². The van der Waals surface area contributed by atoms with E-state index in [-0.39, 0.29) is 36.1 Å². The molecule has 1 N–H and O–H groups in total. The highest BCUT2D eigenvalue weighted by molar-refractivity contribution is 5.80. The van der Waals surface area contributed by atoms with Gasteiger partial charge in [-0.05, 0) is 48.9 Å². The van der Waals surface area contributed by atoms with Gasteiger partial charge in [-0.25, -0.2) is 8.78 Å². The van der Waals surface area contributed by atoms with Crippen molar-refractivity contribution in [3.63, 3.8) is 0 Å². The van der Waals surface area contributed by atoms with Crippen LogP contribution in [0.1, 0.15) is 44.1 Å². The van der Waals surface area contributed by atoms with E-state index in [0.29, 0.717) is 0 Å². The van der Waals surface area contributed by atoms with Crippen molar-refractivity contribution in [3.8, 4) is 0 Å². The van der Waals surface area contributed by atoms with Gasteiger partial charge in [0.15, 0.2) is 0 Å². The molecule has 2 atom stereocenters. The Balaban J connectivity index is 1.37. The fraction of sp³-hybridized carbons (Fsp3) is 0.684. The van der Waals surface area contributed by atoms with E-state index in [1.807, 2.05) is 12.1 Å². The fourth-order valence-electron chi connectivity index (χ4n) is 4.97. The average molecular weight is 349 g/mol. The van der Waals surface area contributed by atoms with E-state index in [4.69, 9.17) is 0 Å². The van der Waals surface area contributed by atoms with Gasteiger partial charge in [0.05, 0.1) is 0 Å². The third-order valence-electron chi connectivity index (χ3n) is 6.28. The molecule has 1 aromatic rings. The van der Waals surface area contributed by atoms with E-state index in [2.05, 4.69) is 15.2 Å². The van der Waals surface area contributed by atoms with Crippen molar-refractivity contribution < 1.29 is 13.6 Å². The summed E-state index contributed by atoms with van der Waals surface area (Å²) in [6.07, 6.45) is 7.25. The summed E-state index contributed by atoms with van der Waals surface area (Å²) in [5.74, 6) is -2.60. The van der Waals surface area contributed by atoms with Gasteiger partial charge in [-0.1, -0.05) is 6.42 Å². The number of nitrogens with zero attached hydrogens (tertiary/aromatic N) is 2. The van der Waals surface area contributed by atoms with Crippen molar-refractivity contribution >= 4 is 5.91 Å². The second kappa shape index (κ2) is 6.31. The highest BCUT2D eigenvalue weighted by atomic mass is 19.3. The summed E-state index contributed by atoms with van der Waals surface area (Å²) in [5, 5.41) is 2.88. The number of halogens is 2. The van der Waals surface area contributed by atoms with Crippen LogP contribution in [0.4, 0.5) is 8.78 Å². The van der Waals surface area contributed by atoms with Crippen LogP contribution >= 0.6 is 0 Å². The Hall–Kier alpha value is -1.56. The number of nitrogens with one attached hydrogen (secondary N) is 1. The number of pyridine rings is 1. The van der Waals surface area contributed by atoms with E-state index >= 15 is 0 Å². The number of hydrogen-bond donors (Lipinski definition) is 1. The minimum Gasteiger partial charge on any atom is -0.353 e. The molecule has 1 aliphatic heterocycles. The van der Waals surface area contributed by atoms with Crippen molar-refractivity contribution in [3.05, 3.63) is 30.1 Å². The second-order valence-corrected chi connectivity index (χ2v) is 8.09. The fourth-order valence-corrected chi connectivity index (χ4v) is 4.97. The number of hydrogen-bond acceptors (Lipinski definition) is 3. The first-order valence-corrected chi connectivity index (χ1v) is 9.25. The van der Waals surface area contributed by atoms with Crippen LogP contribution < -0.4 is 5.32 Å². The molecule has 136 valence electrons. The smallest absolute Gasteiger partial charge is 0.252 e. The predicted molar refractivity (Wildman–Crippen MR) is 90.0 cm³/mol. The Morgan fingerprint density at radius 2 is 2.04 bits per heavy atom. The number of carbonyl (C=O) groups excluding carboxylic acids is 1. The zero-order valence-corrected chi connectivity index (χ0v) is 14.4. The molecule has 4 nitrogen and oxygen atoms in total. The van der Waals surface area contributed by atoms with Crippen LogP contribution in [0, 0.1) is 11.3 Å². The maximum absolute atomic E-state index is 13.0. The summed E-state index contributed by atoms with van der Waals surface area (Å²) in [5.41, 5.74) is 1.27. The maximum Gasteiger partial charge on any atom is 0.252 e. The number of likely N-dealkylation sites (tertiary alicyclic amines) is 1. The van der Waals surface area contributed by atoms with Gasteiger partial charge >= 0.3 is 0 Å². The first kappa shape index (κ1) is 16.9. The number of alkyl halides is 2. The molecular weight excluding hydrogens is 324 g/mol. The Morgan fingerprint density at radius 1 is 1.28 bits per heavy atom. The molecule has 0 bridgehead atoms. The summed E-state index contributed by atoms with van der Waals surface area (Å²) in [6, 6.07) is 3.72. The van der Waals surface area contributed by atoms with Crippen molar-refractivity contribution in [2.75, 3.05) is 13.1 Å². The molecule has 1 spiro atoms. The Kier molecular flexibility index (Phi) is 4.26. The van der Waals surface area contributed by atoms with E-state index in [1.54, 1.807) is 12.4 Å². The third kappa shape index (κ3) is 3.41. The van der Waals surface area contributed by atoms with Crippen LogP contribution in [0.2, 0.25) is 0 Å². The Morgan fingerprint density at radius 3 is 2.76 bits per heavy atom. The summed E-state index contributed by atoms with van der Waals surface area (Å²) in [6.45, 7) is 2.80. The molecule has 0 aromatic carbocycles. The summed E-state index contributed by atoms with van der Waals surface area (Å²) < 4.78 is 26.0. The van der Waals surface area contributed by atoms with Crippen molar-refractivity contribution in [2.24, 2.45) is 11.3 Å². The maximum atomic E-state index is 13.0. The Bertz CT molecular complexity index is 631. The largest absolute Gasteiger partial charge is 0.353 e. The lowest BCUT2D eigenvalue weighted by atomic mass is 9.76. The molecule has 6 heteroatoms. The second-order valence-electron chi connectivity index (χ2n) is 8.09. The number of rotatable bonds is 4. The standard InChI is InChI=1S/C19H25F2N3O/c20-19(21)10-15(11-19)23-17(25)16-2-1-5-18(16)6-9-24(13-18)12-14-3-7-22-8-4-14/h3-4,7-8,15-16H,1-2,5-6,9-13H2,(H,23,25)/t16-,18+/m0/s1.